The quantitative estimate of drug-likeness (QED) is 0.494. The highest BCUT2D eigenvalue weighted by molar-refractivity contribution is 8.00. The van der Waals surface area contributed by atoms with E-state index in [0.29, 0.717) is 29.5 Å². The summed E-state index contributed by atoms with van der Waals surface area (Å²) < 4.78 is 20.0. The van der Waals surface area contributed by atoms with Gasteiger partial charge < -0.3 is 19.8 Å². The maximum Gasteiger partial charge on any atom is 0.303 e. The van der Waals surface area contributed by atoms with Crippen LogP contribution in [0.5, 0.6) is 5.75 Å². The number of halogens is 1. The molecule has 1 aliphatic heterocycles. The first kappa shape index (κ1) is 24.2. The number of fused-ring (bicyclic) bond motifs is 1. The second-order valence-electron chi connectivity index (χ2n) is 9.27. The topological polar surface area (TPSA) is 82.9 Å². The number of hydrogen-bond donors (Lipinski definition) is 2. The summed E-state index contributed by atoms with van der Waals surface area (Å²) in [6.45, 7) is 2.73. The van der Waals surface area contributed by atoms with Crippen LogP contribution in [-0.2, 0) is 4.79 Å². The second-order valence-corrected chi connectivity index (χ2v) is 10.7. The molecule has 2 aromatic rings. The van der Waals surface area contributed by atoms with Crippen LogP contribution in [0.4, 0.5) is 4.39 Å². The molecule has 2 N–H and O–H groups in total. The number of piperidine rings is 1. The van der Waals surface area contributed by atoms with Crippen molar-refractivity contribution in [3.8, 4) is 5.75 Å². The number of aliphatic hydroxyl groups is 1. The largest absolute Gasteiger partial charge is 0.497 e. The molecule has 2 heterocycles. The average molecular weight is 477 g/mol. The van der Waals surface area contributed by atoms with E-state index in [0.717, 1.165) is 43.3 Å². The first-order valence-corrected chi connectivity index (χ1v) is 12.9. The summed E-state index contributed by atoms with van der Waals surface area (Å²) in [4.78, 5) is 18.0. The Labute approximate surface area is 198 Å². The molecule has 2 unspecified atom stereocenters. The minimum Gasteiger partial charge on any atom is -0.497 e. The minimum atomic E-state index is -0.985. The van der Waals surface area contributed by atoms with Gasteiger partial charge in [0, 0.05) is 41.5 Å². The van der Waals surface area contributed by atoms with Crippen LogP contribution in [0.2, 0.25) is 0 Å². The molecular weight excluding hydrogens is 443 g/mol. The summed E-state index contributed by atoms with van der Waals surface area (Å²) >= 11 is 2.03. The number of pyridine rings is 1. The molecule has 4 rings (SSSR count). The Morgan fingerprint density at radius 2 is 2.15 bits per heavy atom. The lowest BCUT2D eigenvalue weighted by Crippen LogP contribution is -2.42. The summed E-state index contributed by atoms with van der Waals surface area (Å²) in [6.07, 6.45) is 4.92. The summed E-state index contributed by atoms with van der Waals surface area (Å²) in [5.74, 6) is 0.622. The maximum absolute atomic E-state index is 14.7. The van der Waals surface area contributed by atoms with Gasteiger partial charge >= 0.3 is 5.97 Å². The van der Waals surface area contributed by atoms with Gasteiger partial charge in [-0.05, 0) is 68.7 Å². The highest BCUT2D eigenvalue weighted by atomic mass is 32.2. The summed E-state index contributed by atoms with van der Waals surface area (Å²) in [5.41, 5.74) is 0.843. The number of carboxylic acid groups (broad SMARTS) is 1. The van der Waals surface area contributed by atoms with Crippen molar-refractivity contribution in [2.75, 3.05) is 32.5 Å². The molecule has 1 saturated carbocycles. The number of aromatic nitrogens is 1. The van der Waals surface area contributed by atoms with E-state index in [1.807, 2.05) is 11.8 Å². The van der Waals surface area contributed by atoms with Gasteiger partial charge in [0.25, 0.3) is 0 Å². The molecule has 1 aromatic carbocycles. The average Bonchev–Trinajstić information content (AvgIpc) is 3.62. The van der Waals surface area contributed by atoms with Crippen molar-refractivity contribution in [3.05, 3.63) is 35.8 Å². The Morgan fingerprint density at radius 1 is 1.33 bits per heavy atom. The van der Waals surface area contributed by atoms with Crippen LogP contribution in [0.1, 0.15) is 50.2 Å². The number of aliphatic carboxylic acids is 1. The van der Waals surface area contributed by atoms with E-state index in [1.165, 1.54) is 12.8 Å². The number of carboxylic acids is 1. The number of nitrogens with zero attached hydrogens (tertiary/aromatic N) is 2. The van der Waals surface area contributed by atoms with Gasteiger partial charge in [-0.1, -0.05) is 0 Å². The fourth-order valence-corrected chi connectivity index (χ4v) is 6.09. The summed E-state index contributed by atoms with van der Waals surface area (Å²) in [7, 11) is 1.55. The lowest BCUT2D eigenvalue weighted by Gasteiger charge is -2.38. The zero-order chi connectivity index (χ0) is 23.4. The van der Waals surface area contributed by atoms with Gasteiger partial charge in [-0.15, -0.1) is 0 Å². The number of hydrogen-bond acceptors (Lipinski definition) is 6. The summed E-state index contributed by atoms with van der Waals surface area (Å²) in [6, 6.07) is 5.22. The smallest absolute Gasteiger partial charge is 0.303 e. The van der Waals surface area contributed by atoms with Crippen LogP contribution < -0.4 is 4.74 Å². The van der Waals surface area contributed by atoms with E-state index in [1.54, 1.807) is 25.3 Å². The fraction of sp³-hybridized carbons (Fsp3) is 0.600. The number of aliphatic hydroxyl groups excluding tert-OH is 1. The molecule has 1 aliphatic carbocycles. The monoisotopic (exact) mass is 476 g/mol. The molecule has 3 atom stereocenters. The molecule has 0 amide bonds. The molecule has 1 saturated heterocycles. The number of likely N-dealkylation sites (tertiary alicyclic amines) is 1. The first-order valence-electron chi connectivity index (χ1n) is 11.8. The van der Waals surface area contributed by atoms with Crippen LogP contribution in [-0.4, -0.2) is 63.8 Å². The van der Waals surface area contributed by atoms with Crippen LogP contribution in [0.25, 0.3) is 10.9 Å². The van der Waals surface area contributed by atoms with E-state index in [4.69, 9.17) is 4.74 Å². The van der Waals surface area contributed by atoms with E-state index in [2.05, 4.69) is 9.88 Å². The number of ether oxygens (including phenoxy) is 1. The number of benzene rings is 1. The standard InChI is InChI=1S/C25H33FN2O4S/c1-32-18-3-6-22-20(13-18)25(21(26)14-27-22)23(29)7-2-16-8-9-28(10-11-33-19-4-5-19)15-17(16)12-24(30)31/h3,6,13-14,16-17,19,23,29H,2,4-5,7-12,15H2,1H3,(H,30,31)/t16?,17?,23-/m1/s1. The van der Waals surface area contributed by atoms with E-state index in [9.17, 15) is 19.4 Å². The number of methoxy groups -OCH3 is 1. The number of thioether (sulfide) groups is 1. The Bertz CT molecular complexity index is 971. The van der Waals surface area contributed by atoms with Crippen molar-refractivity contribution >= 4 is 28.6 Å². The predicted octanol–water partition coefficient (Wildman–Crippen LogP) is 4.50. The zero-order valence-electron chi connectivity index (χ0n) is 19.1. The van der Waals surface area contributed by atoms with Gasteiger partial charge in [0.05, 0.1) is 24.9 Å². The molecule has 0 radical (unpaired) electrons. The molecule has 0 spiro atoms. The molecular formula is C25H33FN2O4S. The molecule has 1 aromatic heterocycles. The van der Waals surface area contributed by atoms with E-state index < -0.39 is 17.9 Å². The third-order valence-electron chi connectivity index (χ3n) is 6.91. The first-order chi connectivity index (χ1) is 15.9. The van der Waals surface area contributed by atoms with Gasteiger partial charge in [-0.3, -0.25) is 9.78 Å². The molecule has 2 fully saturated rings. The van der Waals surface area contributed by atoms with Crippen LogP contribution in [0, 0.1) is 17.7 Å². The molecule has 2 aliphatic rings. The van der Waals surface area contributed by atoms with Crippen molar-refractivity contribution < 1.29 is 24.1 Å². The SMILES string of the molecule is COc1ccc2ncc(F)c([C@H](O)CCC3CCN(CCSC4CC4)CC3CC(=O)O)c2c1. The normalized spacial score (nSPS) is 22.4. The molecule has 8 heteroatoms. The van der Waals surface area contributed by atoms with Crippen molar-refractivity contribution in [1.82, 2.24) is 9.88 Å². The highest BCUT2D eigenvalue weighted by Gasteiger charge is 2.32. The third kappa shape index (κ3) is 6.37. The van der Waals surface area contributed by atoms with Gasteiger partial charge in [0.15, 0.2) is 0 Å². The van der Waals surface area contributed by atoms with Crippen LogP contribution >= 0.6 is 11.8 Å². The van der Waals surface area contributed by atoms with Gasteiger partial charge in [-0.2, -0.15) is 11.8 Å². The maximum atomic E-state index is 14.7. The van der Waals surface area contributed by atoms with Gasteiger partial charge in [0.1, 0.15) is 11.6 Å². The minimum absolute atomic E-state index is 0.0495. The highest BCUT2D eigenvalue weighted by Crippen LogP contribution is 2.37. The molecule has 33 heavy (non-hydrogen) atoms. The van der Waals surface area contributed by atoms with E-state index in [-0.39, 0.29) is 23.8 Å². The van der Waals surface area contributed by atoms with Gasteiger partial charge in [-0.25, -0.2) is 4.39 Å². The Kier molecular flexibility index (Phi) is 8.09. The molecule has 6 nitrogen and oxygen atoms in total. The van der Waals surface area contributed by atoms with Crippen molar-refractivity contribution in [2.24, 2.45) is 11.8 Å². The third-order valence-corrected chi connectivity index (χ3v) is 8.27. The van der Waals surface area contributed by atoms with Crippen molar-refractivity contribution in [2.45, 2.75) is 49.9 Å². The molecule has 0 bridgehead atoms. The van der Waals surface area contributed by atoms with Crippen molar-refractivity contribution in [3.63, 3.8) is 0 Å². The Hall–Kier alpha value is -1.90. The number of rotatable bonds is 11. The lowest BCUT2D eigenvalue weighted by atomic mass is 9.79. The zero-order valence-corrected chi connectivity index (χ0v) is 19.9. The van der Waals surface area contributed by atoms with Gasteiger partial charge in [0.2, 0.25) is 0 Å². The second kappa shape index (κ2) is 11.0. The predicted molar refractivity (Wildman–Crippen MR) is 128 cm³/mol. The van der Waals surface area contributed by atoms with E-state index >= 15 is 0 Å². The molecule has 180 valence electrons. The number of carbonyl (C=O) groups is 1. The van der Waals surface area contributed by atoms with Crippen LogP contribution in [0.3, 0.4) is 0 Å². The fourth-order valence-electron chi connectivity index (χ4n) is 4.93. The van der Waals surface area contributed by atoms with Crippen molar-refractivity contribution in [1.29, 1.82) is 0 Å². The Morgan fingerprint density at radius 3 is 2.88 bits per heavy atom. The van der Waals surface area contributed by atoms with Crippen LogP contribution in [0.15, 0.2) is 24.4 Å². The Balaban J connectivity index is 1.40. The lowest BCUT2D eigenvalue weighted by molar-refractivity contribution is -0.139. The summed E-state index contributed by atoms with van der Waals surface area (Å²) in [5, 5.41) is 21.8.